The Morgan fingerprint density at radius 2 is 2.09 bits per heavy atom. The SMILES string of the molecule is CCOP(=O)(NC(C)(C)C)SCC(=O)Nc1ccc(OC)nc1. The molecule has 23 heavy (non-hydrogen) atoms. The molecule has 2 N–H and O–H groups in total. The average molecular weight is 361 g/mol. The maximum absolute atomic E-state index is 12.7. The fraction of sp³-hybridized carbons (Fsp3) is 0.571. The van der Waals surface area contributed by atoms with Crippen LogP contribution in [0.1, 0.15) is 27.7 Å². The van der Waals surface area contributed by atoms with Crippen LogP contribution in [0, 0.1) is 0 Å². The van der Waals surface area contributed by atoms with Gasteiger partial charge >= 0.3 is 6.72 Å². The Morgan fingerprint density at radius 1 is 1.39 bits per heavy atom. The first kappa shape index (κ1) is 20.0. The highest BCUT2D eigenvalue weighted by Gasteiger charge is 2.30. The van der Waals surface area contributed by atoms with Gasteiger partial charge in [-0.3, -0.25) is 9.36 Å². The van der Waals surface area contributed by atoms with Gasteiger partial charge in [0, 0.05) is 11.6 Å². The zero-order valence-corrected chi connectivity index (χ0v) is 15.8. The first-order valence-corrected chi connectivity index (χ1v) is 10.4. The van der Waals surface area contributed by atoms with Crippen molar-refractivity contribution in [1.82, 2.24) is 10.1 Å². The zero-order chi connectivity index (χ0) is 17.5. The third kappa shape index (κ3) is 7.83. The number of rotatable bonds is 8. The number of amides is 1. The van der Waals surface area contributed by atoms with E-state index < -0.39 is 6.72 Å². The number of carbonyl (C=O) groups is 1. The first-order chi connectivity index (χ1) is 10.7. The van der Waals surface area contributed by atoms with Crippen molar-refractivity contribution in [2.24, 2.45) is 0 Å². The van der Waals surface area contributed by atoms with Crippen LogP contribution in [0.4, 0.5) is 5.69 Å². The van der Waals surface area contributed by atoms with Gasteiger partial charge in [0.1, 0.15) is 0 Å². The molecule has 0 saturated heterocycles. The molecular weight excluding hydrogens is 337 g/mol. The van der Waals surface area contributed by atoms with Crippen LogP contribution in [0.25, 0.3) is 0 Å². The number of anilines is 1. The van der Waals surface area contributed by atoms with Crippen molar-refractivity contribution in [2.45, 2.75) is 33.2 Å². The number of methoxy groups -OCH3 is 1. The Kier molecular flexibility index (Phi) is 7.54. The lowest BCUT2D eigenvalue weighted by Gasteiger charge is -2.27. The molecule has 1 rings (SSSR count). The van der Waals surface area contributed by atoms with Crippen LogP contribution in [-0.4, -0.2) is 35.9 Å². The van der Waals surface area contributed by atoms with Gasteiger partial charge < -0.3 is 14.6 Å². The van der Waals surface area contributed by atoms with Crippen LogP contribution in [-0.2, 0) is 13.9 Å². The van der Waals surface area contributed by atoms with E-state index in [2.05, 4.69) is 15.4 Å². The molecule has 0 aliphatic heterocycles. The van der Waals surface area contributed by atoms with Gasteiger partial charge in [-0.25, -0.2) is 10.1 Å². The van der Waals surface area contributed by atoms with Gasteiger partial charge in [-0.15, -0.1) is 0 Å². The smallest absolute Gasteiger partial charge is 0.327 e. The predicted molar refractivity (Wildman–Crippen MR) is 94.0 cm³/mol. The number of aromatic nitrogens is 1. The second kappa shape index (κ2) is 8.68. The van der Waals surface area contributed by atoms with Crippen molar-refractivity contribution >= 4 is 29.7 Å². The number of nitrogens with one attached hydrogen (secondary N) is 2. The summed E-state index contributed by atoms with van der Waals surface area (Å²) in [5.74, 6) is 0.192. The number of hydrogen-bond donors (Lipinski definition) is 2. The minimum Gasteiger partial charge on any atom is -0.481 e. The minimum atomic E-state index is -3.14. The van der Waals surface area contributed by atoms with Crippen molar-refractivity contribution in [3.63, 3.8) is 0 Å². The minimum absolute atomic E-state index is 0.00634. The molecule has 1 aromatic heterocycles. The van der Waals surface area contributed by atoms with Crippen molar-refractivity contribution in [3.05, 3.63) is 18.3 Å². The van der Waals surface area contributed by atoms with Crippen LogP contribution in [0.3, 0.4) is 0 Å². The third-order valence-electron chi connectivity index (χ3n) is 2.37. The maximum atomic E-state index is 12.7. The van der Waals surface area contributed by atoms with Crippen LogP contribution in [0.2, 0.25) is 0 Å². The highest BCUT2D eigenvalue weighted by Crippen LogP contribution is 2.57. The molecule has 0 fully saturated rings. The molecule has 0 aromatic carbocycles. The second-order valence-electron chi connectivity index (χ2n) is 5.69. The summed E-state index contributed by atoms with van der Waals surface area (Å²) in [6.07, 6.45) is 1.50. The lowest BCUT2D eigenvalue weighted by Crippen LogP contribution is -2.33. The molecule has 0 radical (unpaired) electrons. The molecule has 130 valence electrons. The van der Waals surface area contributed by atoms with Crippen molar-refractivity contribution in [3.8, 4) is 5.88 Å². The highest BCUT2D eigenvalue weighted by molar-refractivity contribution is 8.56. The van der Waals surface area contributed by atoms with Gasteiger partial charge in [0.2, 0.25) is 11.8 Å². The van der Waals surface area contributed by atoms with Gasteiger partial charge in [-0.1, -0.05) is 0 Å². The van der Waals surface area contributed by atoms with E-state index in [1.54, 1.807) is 19.1 Å². The van der Waals surface area contributed by atoms with E-state index in [4.69, 9.17) is 9.26 Å². The second-order valence-corrected chi connectivity index (χ2v) is 9.93. The lowest BCUT2D eigenvalue weighted by molar-refractivity contribution is -0.113. The van der Waals surface area contributed by atoms with E-state index in [1.165, 1.54) is 13.3 Å². The highest BCUT2D eigenvalue weighted by atomic mass is 32.7. The van der Waals surface area contributed by atoms with Crippen molar-refractivity contribution in [1.29, 1.82) is 0 Å². The summed E-state index contributed by atoms with van der Waals surface area (Å²) in [4.78, 5) is 16.0. The third-order valence-corrected chi connectivity index (χ3v) is 6.64. The number of hydrogen-bond acceptors (Lipinski definition) is 6. The topological polar surface area (TPSA) is 89.5 Å². The molecule has 1 aromatic rings. The molecular formula is C14H24N3O4PS. The monoisotopic (exact) mass is 361 g/mol. The molecule has 9 heteroatoms. The van der Waals surface area contributed by atoms with Crippen LogP contribution in [0.5, 0.6) is 5.88 Å². The lowest BCUT2D eigenvalue weighted by atomic mass is 10.1. The molecule has 0 bridgehead atoms. The Balaban J connectivity index is 2.59. The molecule has 1 amide bonds. The Morgan fingerprint density at radius 3 is 2.57 bits per heavy atom. The first-order valence-electron chi connectivity index (χ1n) is 7.16. The normalized spacial score (nSPS) is 14.1. The molecule has 0 aliphatic carbocycles. The predicted octanol–water partition coefficient (Wildman–Crippen LogP) is 3.29. The van der Waals surface area contributed by atoms with E-state index in [9.17, 15) is 9.36 Å². The summed E-state index contributed by atoms with van der Waals surface area (Å²) >= 11 is 0.975. The Bertz CT molecular complexity index is 560. The molecule has 0 saturated carbocycles. The number of carbonyl (C=O) groups excluding carboxylic acids is 1. The van der Waals surface area contributed by atoms with Gasteiger partial charge in [-0.05, 0) is 45.1 Å². The van der Waals surface area contributed by atoms with Gasteiger partial charge in [0.15, 0.2) is 0 Å². The quantitative estimate of drug-likeness (QED) is 0.687. The Labute approximate surface area is 141 Å². The maximum Gasteiger partial charge on any atom is 0.327 e. The van der Waals surface area contributed by atoms with E-state index in [-0.39, 0.29) is 17.2 Å². The summed E-state index contributed by atoms with van der Waals surface area (Å²) < 4.78 is 23.0. The van der Waals surface area contributed by atoms with E-state index in [0.29, 0.717) is 18.2 Å². The van der Waals surface area contributed by atoms with Gasteiger partial charge in [0.25, 0.3) is 0 Å². The van der Waals surface area contributed by atoms with Crippen molar-refractivity contribution in [2.75, 3.05) is 24.8 Å². The molecule has 0 aliphatic rings. The molecule has 1 unspecified atom stereocenters. The summed E-state index contributed by atoms with van der Waals surface area (Å²) in [7, 11) is 1.52. The summed E-state index contributed by atoms with van der Waals surface area (Å²) in [6.45, 7) is 4.60. The number of nitrogens with zero attached hydrogens (tertiary/aromatic N) is 1. The Hall–Kier alpha value is -1.08. The fourth-order valence-corrected chi connectivity index (χ4v) is 5.74. The van der Waals surface area contributed by atoms with Crippen LogP contribution < -0.4 is 15.1 Å². The molecule has 0 spiro atoms. The molecule has 1 heterocycles. The van der Waals surface area contributed by atoms with Gasteiger partial charge in [-0.2, -0.15) is 0 Å². The summed E-state index contributed by atoms with van der Waals surface area (Å²) in [6, 6.07) is 3.33. The van der Waals surface area contributed by atoms with Crippen LogP contribution >= 0.6 is 18.1 Å². The van der Waals surface area contributed by atoms with E-state index in [1.807, 2.05) is 20.8 Å². The van der Waals surface area contributed by atoms with Crippen molar-refractivity contribution < 1.29 is 18.6 Å². The number of ether oxygens (including phenoxy) is 1. The summed E-state index contributed by atoms with van der Waals surface area (Å²) in [5.41, 5.74) is 0.167. The molecule has 1 atom stereocenters. The van der Waals surface area contributed by atoms with Gasteiger partial charge in [0.05, 0.1) is 31.4 Å². The standard InChI is InChI=1S/C14H24N3O4PS/c1-6-21-22(19,17-14(2,3)4)23-10-12(18)16-11-7-8-13(20-5)15-9-11/h7-9H,6,10H2,1-5H3,(H,16,18)(H,17,19). The molecule has 7 nitrogen and oxygen atoms in total. The summed E-state index contributed by atoms with van der Waals surface area (Å²) in [5, 5.41) is 5.64. The largest absolute Gasteiger partial charge is 0.481 e. The van der Waals surface area contributed by atoms with E-state index in [0.717, 1.165) is 11.4 Å². The van der Waals surface area contributed by atoms with E-state index >= 15 is 0 Å². The zero-order valence-electron chi connectivity index (χ0n) is 14.1. The average Bonchev–Trinajstić information content (AvgIpc) is 2.44. The fourth-order valence-electron chi connectivity index (χ4n) is 1.60. The number of pyridine rings is 1. The van der Waals surface area contributed by atoms with Crippen LogP contribution in [0.15, 0.2) is 18.3 Å².